The van der Waals surface area contributed by atoms with Crippen molar-refractivity contribution in [3.05, 3.63) is 12.4 Å². The molecule has 1 aromatic heterocycles. The van der Waals surface area contributed by atoms with Crippen molar-refractivity contribution in [1.29, 1.82) is 0 Å². The molecule has 0 fully saturated rings. The Morgan fingerprint density at radius 1 is 1.60 bits per heavy atom. The molecule has 0 spiro atoms. The van der Waals surface area contributed by atoms with E-state index in [9.17, 15) is 4.79 Å². The molecule has 2 N–H and O–H groups in total. The van der Waals surface area contributed by atoms with Gasteiger partial charge in [-0.25, -0.2) is 0 Å². The van der Waals surface area contributed by atoms with Crippen LogP contribution in [-0.2, 0) is 11.3 Å². The Labute approximate surface area is 89.0 Å². The van der Waals surface area contributed by atoms with E-state index in [0.717, 1.165) is 0 Å². The normalized spacial score (nSPS) is 12.4. The van der Waals surface area contributed by atoms with Crippen molar-refractivity contribution in [1.82, 2.24) is 25.6 Å². The standard InChI is InChI=1S/C9H17N5O/c1-8(10-2)7-11-9(15)3-5-14-6-4-12-13-14/h4,6,8,10H,3,5,7H2,1-2H3,(H,11,15). The molecule has 1 unspecified atom stereocenters. The minimum absolute atomic E-state index is 0.0348. The van der Waals surface area contributed by atoms with E-state index in [1.807, 2.05) is 14.0 Å². The Bertz CT molecular complexity index is 285. The van der Waals surface area contributed by atoms with Gasteiger partial charge < -0.3 is 10.6 Å². The van der Waals surface area contributed by atoms with Gasteiger partial charge in [-0.3, -0.25) is 9.48 Å². The molecule has 1 atom stereocenters. The van der Waals surface area contributed by atoms with Crippen LogP contribution in [0.1, 0.15) is 13.3 Å². The molecule has 1 amide bonds. The average molecular weight is 211 g/mol. The van der Waals surface area contributed by atoms with Gasteiger partial charge in [0.15, 0.2) is 0 Å². The van der Waals surface area contributed by atoms with Crippen molar-refractivity contribution in [3.8, 4) is 0 Å². The van der Waals surface area contributed by atoms with Gasteiger partial charge >= 0.3 is 0 Å². The van der Waals surface area contributed by atoms with E-state index in [2.05, 4.69) is 20.9 Å². The van der Waals surface area contributed by atoms with Gasteiger partial charge in [0, 0.05) is 25.2 Å². The second-order valence-corrected chi connectivity index (χ2v) is 3.41. The molecule has 0 bridgehead atoms. The van der Waals surface area contributed by atoms with Gasteiger partial charge in [0.05, 0.1) is 12.7 Å². The molecule has 1 rings (SSSR count). The van der Waals surface area contributed by atoms with Gasteiger partial charge in [0.1, 0.15) is 0 Å². The van der Waals surface area contributed by atoms with Gasteiger partial charge in [-0.05, 0) is 14.0 Å². The smallest absolute Gasteiger partial charge is 0.221 e. The highest BCUT2D eigenvalue weighted by atomic mass is 16.1. The molecular weight excluding hydrogens is 194 g/mol. The molecule has 0 saturated carbocycles. The van der Waals surface area contributed by atoms with Crippen LogP contribution in [0.3, 0.4) is 0 Å². The first kappa shape index (κ1) is 11.6. The molecule has 0 radical (unpaired) electrons. The zero-order chi connectivity index (χ0) is 11.1. The molecule has 0 aromatic carbocycles. The predicted octanol–water partition coefficient (Wildman–Crippen LogP) is -0.608. The van der Waals surface area contributed by atoms with Crippen molar-refractivity contribution >= 4 is 5.91 Å². The monoisotopic (exact) mass is 211 g/mol. The molecule has 6 nitrogen and oxygen atoms in total. The first-order valence-electron chi connectivity index (χ1n) is 5.00. The first-order valence-corrected chi connectivity index (χ1v) is 5.00. The Hall–Kier alpha value is -1.43. The molecular formula is C9H17N5O. The fourth-order valence-electron chi connectivity index (χ4n) is 1.03. The summed E-state index contributed by atoms with van der Waals surface area (Å²) in [6, 6.07) is 0.292. The number of nitrogens with zero attached hydrogens (tertiary/aromatic N) is 3. The maximum absolute atomic E-state index is 11.4. The number of hydrogen-bond donors (Lipinski definition) is 2. The molecule has 6 heteroatoms. The summed E-state index contributed by atoms with van der Waals surface area (Å²) in [7, 11) is 1.87. The number of aryl methyl sites for hydroxylation is 1. The molecule has 1 aromatic rings. The summed E-state index contributed by atoms with van der Waals surface area (Å²) in [5, 5.41) is 13.3. The van der Waals surface area contributed by atoms with Crippen molar-refractivity contribution in [2.24, 2.45) is 0 Å². The number of amides is 1. The quantitative estimate of drug-likeness (QED) is 0.658. The lowest BCUT2D eigenvalue weighted by Gasteiger charge is -2.11. The van der Waals surface area contributed by atoms with E-state index in [0.29, 0.717) is 25.6 Å². The predicted molar refractivity (Wildman–Crippen MR) is 56.2 cm³/mol. The van der Waals surface area contributed by atoms with Gasteiger partial charge in [-0.2, -0.15) is 0 Å². The lowest BCUT2D eigenvalue weighted by atomic mass is 10.3. The highest BCUT2D eigenvalue weighted by molar-refractivity contribution is 5.75. The molecule has 0 aliphatic carbocycles. The number of nitrogens with one attached hydrogen (secondary N) is 2. The second-order valence-electron chi connectivity index (χ2n) is 3.41. The number of likely N-dealkylation sites (N-methyl/N-ethyl adjacent to an activating group) is 1. The fourth-order valence-corrected chi connectivity index (χ4v) is 1.03. The number of carbonyl (C=O) groups is 1. The van der Waals surface area contributed by atoms with E-state index >= 15 is 0 Å². The number of aromatic nitrogens is 3. The summed E-state index contributed by atoms with van der Waals surface area (Å²) < 4.78 is 1.64. The largest absolute Gasteiger partial charge is 0.354 e. The molecule has 0 saturated heterocycles. The van der Waals surface area contributed by atoms with Crippen LogP contribution in [0.5, 0.6) is 0 Å². The summed E-state index contributed by atoms with van der Waals surface area (Å²) in [5.74, 6) is 0.0348. The van der Waals surface area contributed by atoms with Gasteiger partial charge in [-0.15, -0.1) is 5.10 Å². The second kappa shape index (κ2) is 6.13. The summed E-state index contributed by atoms with van der Waals surface area (Å²) in [6.45, 7) is 3.23. The number of rotatable bonds is 6. The van der Waals surface area contributed by atoms with Crippen LogP contribution in [0.2, 0.25) is 0 Å². The van der Waals surface area contributed by atoms with Crippen LogP contribution in [0.4, 0.5) is 0 Å². The van der Waals surface area contributed by atoms with Crippen LogP contribution in [-0.4, -0.2) is 40.5 Å². The highest BCUT2D eigenvalue weighted by Gasteiger charge is 2.03. The topological polar surface area (TPSA) is 71.8 Å². The van der Waals surface area contributed by atoms with Crippen LogP contribution < -0.4 is 10.6 Å². The third-order valence-electron chi connectivity index (χ3n) is 2.14. The first-order chi connectivity index (χ1) is 7.22. The molecule has 15 heavy (non-hydrogen) atoms. The van der Waals surface area contributed by atoms with Crippen molar-refractivity contribution < 1.29 is 4.79 Å². The van der Waals surface area contributed by atoms with Crippen molar-refractivity contribution in [2.75, 3.05) is 13.6 Å². The van der Waals surface area contributed by atoms with Crippen molar-refractivity contribution in [3.63, 3.8) is 0 Å². The molecule has 0 aliphatic heterocycles. The number of carbonyl (C=O) groups excluding carboxylic acids is 1. The molecule has 1 heterocycles. The minimum atomic E-state index is 0.0348. The lowest BCUT2D eigenvalue weighted by Crippen LogP contribution is -2.37. The van der Waals surface area contributed by atoms with Gasteiger partial charge in [-0.1, -0.05) is 5.21 Å². The van der Waals surface area contributed by atoms with Gasteiger partial charge in [0.2, 0.25) is 5.91 Å². The van der Waals surface area contributed by atoms with Crippen LogP contribution in [0, 0.1) is 0 Å². The van der Waals surface area contributed by atoms with Crippen LogP contribution in [0.15, 0.2) is 12.4 Å². The van der Waals surface area contributed by atoms with Crippen LogP contribution in [0.25, 0.3) is 0 Å². The third-order valence-corrected chi connectivity index (χ3v) is 2.14. The Morgan fingerprint density at radius 2 is 2.40 bits per heavy atom. The minimum Gasteiger partial charge on any atom is -0.354 e. The van der Waals surface area contributed by atoms with E-state index < -0.39 is 0 Å². The molecule has 84 valence electrons. The molecule has 0 aliphatic rings. The lowest BCUT2D eigenvalue weighted by molar-refractivity contribution is -0.121. The summed E-state index contributed by atoms with van der Waals surface area (Å²) >= 11 is 0. The SMILES string of the molecule is CNC(C)CNC(=O)CCn1ccnn1. The zero-order valence-corrected chi connectivity index (χ0v) is 9.10. The maximum Gasteiger partial charge on any atom is 0.221 e. The van der Waals surface area contributed by atoms with Crippen molar-refractivity contribution in [2.45, 2.75) is 25.9 Å². The summed E-state index contributed by atoms with van der Waals surface area (Å²) in [5.41, 5.74) is 0. The fraction of sp³-hybridized carbons (Fsp3) is 0.667. The van der Waals surface area contributed by atoms with E-state index in [-0.39, 0.29) is 5.91 Å². The van der Waals surface area contributed by atoms with Gasteiger partial charge in [0.25, 0.3) is 0 Å². The third kappa shape index (κ3) is 4.55. The summed E-state index contributed by atoms with van der Waals surface area (Å²) in [4.78, 5) is 11.4. The van der Waals surface area contributed by atoms with E-state index in [1.165, 1.54) is 0 Å². The Balaban J connectivity index is 2.14. The summed E-state index contributed by atoms with van der Waals surface area (Å²) in [6.07, 6.45) is 3.77. The highest BCUT2D eigenvalue weighted by Crippen LogP contribution is 1.87. The van der Waals surface area contributed by atoms with Crippen LogP contribution >= 0.6 is 0 Å². The maximum atomic E-state index is 11.4. The number of hydrogen-bond acceptors (Lipinski definition) is 4. The van der Waals surface area contributed by atoms with E-state index in [1.54, 1.807) is 17.1 Å². The zero-order valence-electron chi connectivity index (χ0n) is 9.10. The Kier molecular flexibility index (Phi) is 4.76. The van der Waals surface area contributed by atoms with E-state index in [4.69, 9.17) is 0 Å². The average Bonchev–Trinajstić information content (AvgIpc) is 2.75. The Morgan fingerprint density at radius 3 is 3.00 bits per heavy atom.